The summed E-state index contributed by atoms with van der Waals surface area (Å²) in [5.74, 6) is 0. The molecule has 2 aromatic carbocycles. The molecule has 0 aliphatic carbocycles. The van der Waals surface area contributed by atoms with Gasteiger partial charge in [-0.1, -0.05) is 59.7 Å². The highest BCUT2D eigenvalue weighted by atomic mass is 14.6. The van der Waals surface area contributed by atoms with E-state index in [0.29, 0.717) is 0 Å². The van der Waals surface area contributed by atoms with Gasteiger partial charge in [-0.2, -0.15) is 0 Å². The first-order valence-electron chi connectivity index (χ1n) is 6.18. The Labute approximate surface area is 109 Å². The molecule has 1 nitrogen and oxygen atoms in total. The lowest BCUT2D eigenvalue weighted by Crippen LogP contribution is -1.99. The molecule has 0 aliphatic heterocycles. The number of rotatable bonds is 2. The second-order valence-electron chi connectivity index (χ2n) is 4.77. The second-order valence-corrected chi connectivity index (χ2v) is 4.77. The molecule has 0 heterocycles. The third kappa shape index (κ3) is 2.62. The summed E-state index contributed by atoms with van der Waals surface area (Å²) in [5, 5.41) is 0. The van der Waals surface area contributed by atoms with Crippen molar-refractivity contribution < 1.29 is 0 Å². The maximum atomic E-state index is 6.24. The van der Waals surface area contributed by atoms with Crippen LogP contribution in [0.15, 0.2) is 48.5 Å². The second kappa shape index (κ2) is 5.09. The molecule has 0 atom stereocenters. The fourth-order valence-electron chi connectivity index (χ4n) is 1.91. The van der Waals surface area contributed by atoms with Gasteiger partial charge in [0, 0.05) is 5.70 Å². The predicted molar refractivity (Wildman–Crippen MR) is 79.0 cm³/mol. The van der Waals surface area contributed by atoms with Crippen LogP contribution in [0.4, 0.5) is 0 Å². The number of hydrogen-bond acceptors (Lipinski definition) is 1. The van der Waals surface area contributed by atoms with E-state index in [1.54, 1.807) is 0 Å². The summed E-state index contributed by atoms with van der Waals surface area (Å²) in [6.07, 6.45) is 0. The van der Waals surface area contributed by atoms with Crippen molar-refractivity contribution in [3.8, 4) is 0 Å². The molecule has 2 N–H and O–H groups in total. The fraction of sp³-hybridized carbons (Fsp3) is 0.176. The lowest BCUT2D eigenvalue weighted by Gasteiger charge is -2.09. The van der Waals surface area contributed by atoms with Gasteiger partial charge >= 0.3 is 0 Å². The first-order chi connectivity index (χ1) is 8.58. The summed E-state index contributed by atoms with van der Waals surface area (Å²) in [6.45, 7) is 6.24. The average Bonchev–Trinajstić information content (AvgIpc) is 2.39. The zero-order valence-electron chi connectivity index (χ0n) is 11.2. The third-order valence-corrected chi connectivity index (χ3v) is 3.25. The summed E-state index contributed by atoms with van der Waals surface area (Å²) >= 11 is 0. The van der Waals surface area contributed by atoms with E-state index >= 15 is 0 Å². The van der Waals surface area contributed by atoms with Crippen molar-refractivity contribution in [2.75, 3.05) is 0 Å². The lowest BCUT2D eigenvalue weighted by atomic mass is 10.00. The summed E-state index contributed by atoms with van der Waals surface area (Å²) in [6, 6.07) is 16.8. The van der Waals surface area contributed by atoms with Gasteiger partial charge in [0.25, 0.3) is 0 Å². The topological polar surface area (TPSA) is 26.0 Å². The molecule has 0 unspecified atom stereocenters. The number of allylic oxidation sites excluding steroid dienone is 1. The normalized spacial score (nSPS) is 12.2. The van der Waals surface area contributed by atoms with Crippen LogP contribution in [0.3, 0.4) is 0 Å². The highest BCUT2D eigenvalue weighted by Crippen LogP contribution is 2.22. The number of nitrogens with two attached hydrogens (primary N) is 1. The maximum absolute atomic E-state index is 6.24. The van der Waals surface area contributed by atoms with Gasteiger partial charge in [0.2, 0.25) is 0 Å². The first-order valence-corrected chi connectivity index (χ1v) is 6.18. The molecule has 2 rings (SSSR count). The molecular formula is C17H19N. The van der Waals surface area contributed by atoms with Crippen molar-refractivity contribution in [1.82, 2.24) is 0 Å². The van der Waals surface area contributed by atoms with Crippen LogP contribution in [0.2, 0.25) is 0 Å². The van der Waals surface area contributed by atoms with E-state index in [-0.39, 0.29) is 0 Å². The highest BCUT2D eigenvalue weighted by Gasteiger charge is 2.03. The van der Waals surface area contributed by atoms with E-state index in [4.69, 9.17) is 5.73 Å². The molecule has 18 heavy (non-hydrogen) atoms. The molecular weight excluding hydrogens is 218 g/mol. The number of hydrogen-bond donors (Lipinski definition) is 1. The zero-order valence-corrected chi connectivity index (χ0v) is 11.2. The van der Waals surface area contributed by atoms with E-state index in [2.05, 4.69) is 69.3 Å². The average molecular weight is 237 g/mol. The van der Waals surface area contributed by atoms with Crippen LogP contribution in [0.5, 0.6) is 0 Å². The Kier molecular flexibility index (Phi) is 3.52. The Bertz CT molecular complexity index is 506. The van der Waals surface area contributed by atoms with Crippen LogP contribution in [-0.4, -0.2) is 0 Å². The third-order valence-electron chi connectivity index (χ3n) is 3.25. The summed E-state index contributed by atoms with van der Waals surface area (Å²) in [5.41, 5.74) is 13.0. The molecule has 0 spiro atoms. The molecule has 0 bridgehead atoms. The Hall–Kier alpha value is -2.02. The molecule has 0 aliphatic rings. The summed E-state index contributed by atoms with van der Waals surface area (Å²) in [7, 11) is 0. The van der Waals surface area contributed by atoms with Crippen LogP contribution < -0.4 is 5.73 Å². The molecule has 0 saturated carbocycles. The van der Waals surface area contributed by atoms with Crippen molar-refractivity contribution in [2.24, 2.45) is 5.73 Å². The zero-order chi connectivity index (χ0) is 13.1. The van der Waals surface area contributed by atoms with E-state index in [0.717, 1.165) is 16.8 Å². The van der Waals surface area contributed by atoms with Gasteiger partial charge < -0.3 is 5.73 Å². The standard InChI is InChI=1S/C17H19N/c1-12-4-8-15(9-5-12)14(3)17(18)16-10-6-13(2)7-11-16/h4-11H,18H2,1-3H3/b17-14+. The van der Waals surface area contributed by atoms with Crippen molar-refractivity contribution in [3.05, 3.63) is 70.8 Å². The van der Waals surface area contributed by atoms with Crippen molar-refractivity contribution in [3.63, 3.8) is 0 Å². The Morgan fingerprint density at radius 3 is 1.56 bits per heavy atom. The summed E-state index contributed by atoms with van der Waals surface area (Å²) < 4.78 is 0. The predicted octanol–water partition coefficient (Wildman–Crippen LogP) is 4.15. The monoisotopic (exact) mass is 237 g/mol. The smallest absolute Gasteiger partial charge is 0.0423 e. The van der Waals surface area contributed by atoms with Gasteiger partial charge in [0.05, 0.1) is 0 Å². The van der Waals surface area contributed by atoms with E-state index in [9.17, 15) is 0 Å². The minimum absolute atomic E-state index is 0.846. The number of benzene rings is 2. The molecule has 92 valence electrons. The minimum atomic E-state index is 0.846. The molecule has 0 aromatic heterocycles. The van der Waals surface area contributed by atoms with Gasteiger partial charge in [-0.3, -0.25) is 0 Å². The maximum Gasteiger partial charge on any atom is 0.0423 e. The molecule has 2 aromatic rings. The van der Waals surface area contributed by atoms with Gasteiger partial charge in [-0.05, 0) is 37.5 Å². The Morgan fingerprint density at radius 1 is 0.722 bits per heavy atom. The first kappa shape index (κ1) is 12.4. The van der Waals surface area contributed by atoms with Crippen molar-refractivity contribution >= 4 is 11.3 Å². The number of aryl methyl sites for hydroxylation is 2. The Morgan fingerprint density at radius 2 is 1.11 bits per heavy atom. The van der Waals surface area contributed by atoms with Crippen molar-refractivity contribution in [2.45, 2.75) is 20.8 Å². The van der Waals surface area contributed by atoms with Crippen LogP contribution in [0, 0.1) is 13.8 Å². The van der Waals surface area contributed by atoms with Gasteiger partial charge in [0.15, 0.2) is 0 Å². The largest absolute Gasteiger partial charge is 0.398 e. The molecule has 1 heteroatoms. The molecule has 0 saturated heterocycles. The Balaban J connectivity index is 2.40. The fourth-order valence-corrected chi connectivity index (χ4v) is 1.91. The van der Waals surface area contributed by atoms with Crippen LogP contribution in [-0.2, 0) is 0 Å². The lowest BCUT2D eigenvalue weighted by molar-refractivity contribution is 1.41. The van der Waals surface area contributed by atoms with Gasteiger partial charge in [-0.15, -0.1) is 0 Å². The van der Waals surface area contributed by atoms with Gasteiger partial charge in [-0.25, -0.2) is 0 Å². The van der Waals surface area contributed by atoms with Crippen LogP contribution >= 0.6 is 0 Å². The molecule has 0 amide bonds. The van der Waals surface area contributed by atoms with Gasteiger partial charge in [0.1, 0.15) is 0 Å². The van der Waals surface area contributed by atoms with Crippen molar-refractivity contribution in [1.29, 1.82) is 0 Å². The van der Waals surface area contributed by atoms with E-state index in [1.165, 1.54) is 16.7 Å². The minimum Gasteiger partial charge on any atom is -0.398 e. The van der Waals surface area contributed by atoms with Crippen LogP contribution in [0.1, 0.15) is 29.2 Å². The summed E-state index contributed by atoms with van der Waals surface area (Å²) in [4.78, 5) is 0. The SMILES string of the molecule is C/C(=C(\N)c1ccc(C)cc1)c1ccc(C)cc1. The highest BCUT2D eigenvalue weighted by molar-refractivity contribution is 5.88. The van der Waals surface area contributed by atoms with E-state index in [1.807, 2.05) is 0 Å². The van der Waals surface area contributed by atoms with E-state index < -0.39 is 0 Å². The van der Waals surface area contributed by atoms with Crippen LogP contribution in [0.25, 0.3) is 11.3 Å². The molecule has 0 fully saturated rings. The quantitative estimate of drug-likeness (QED) is 0.780. The molecule has 0 radical (unpaired) electrons.